The minimum atomic E-state index is -0.548. The van der Waals surface area contributed by atoms with E-state index < -0.39 is 11.7 Å². The number of halogens is 3. The molecule has 5 heteroatoms. The van der Waals surface area contributed by atoms with Gasteiger partial charge in [0, 0.05) is 11.9 Å². The van der Waals surface area contributed by atoms with Gasteiger partial charge in [0.2, 0.25) is 0 Å². The molecule has 0 heterocycles. The third kappa shape index (κ3) is 4.25. The quantitative estimate of drug-likeness (QED) is 0.810. The van der Waals surface area contributed by atoms with E-state index in [-0.39, 0.29) is 16.1 Å². The van der Waals surface area contributed by atoms with Gasteiger partial charge in [0.25, 0.3) is 5.91 Å². The molecule has 0 aliphatic heterocycles. The molecular weight excluding hydrogens is 321 g/mol. The van der Waals surface area contributed by atoms with Crippen molar-refractivity contribution in [3.8, 4) is 0 Å². The number of hydrogen-bond donors (Lipinski definition) is 1. The molecule has 1 unspecified atom stereocenters. The van der Waals surface area contributed by atoms with Crippen LogP contribution in [0.25, 0.3) is 0 Å². The van der Waals surface area contributed by atoms with Gasteiger partial charge in [-0.15, -0.1) is 11.6 Å². The standard InChI is InChI=1S/C13H16BrClFNO/c1-8(2)6-9(7-15)17-13(18)10-4-3-5-11(14)12(10)16/h3-5,8-9H,6-7H2,1-2H3,(H,17,18). The van der Waals surface area contributed by atoms with E-state index in [1.54, 1.807) is 12.1 Å². The highest BCUT2D eigenvalue weighted by atomic mass is 79.9. The number of benzene rings is 1. The maximum atomic E-state index is 13.7. The summed E-state index contributed by atoms with van der Waals surface area (Å²) in [6.45, 7) is 4.09. The number of carbonyl (C=O) groups is 1. The van der Waals surface area contributed by atoms with Crippen LogP contribution in [-0.2, 0) is 0 Å². The fourth-order valence-electron chi connectivity index (χ4n) is 1.67. The molecule has 0 aliphatic rings. The summed E-state index contributed by atoms with van der Waals surface area (Å²) >= 11 is 8.85. The van der Waals surface area contributed by atoms with Crippen LogP contribution >= 0.6 is 27.5 Å². The van der Waals surface area contributed by atoms with E-state index in [1.165, 1.54) is 6.07 Å². The highest BCUT2D eigenvalue weighted by Crippen LogP contribution is 2.19. The van der Waals surface area contributed by atoms with Crippen LogP contribution in [0, 0.1) is 11.7 Å². The van der Waals surface area contributed by atoms with Gasteiger partial charge in [-0.1, -0.05) is 19.9 Å². The fourth-order valence-corrected chi connectivity index (χ4v) is 2.24. The molecular formula is C13H16BrClFNO. The van der Waals surface area contributed by atoms with Crippen LogP contribution in [0.1, 0.15) is 30.6 Å². The number of rotatable bonds is 5. The molecule has 1 aromatic carbocycles. The smallest absolute Gasteiger partial charge is 0.254 e. The average molecular weight is 337 g/mol. The maximum absolute atomic E-state index is 13.7. The van der Waals surface area contributed by atoms with Crippen LogP contribution in [0.4, 0.5) is 4.39 Å². The summed E-state index contributed by atoms with van der Waals surface area (Å²) in [7, 11) is 0. The molecule has 1 N–H and O–H groups in total. The monoisotopic (exact) mass is 335 g/mol. The van der Waals surface area contributed by atoms with Gasteiger partial charge < -0.3 is 5.32 Å². The third-order valence-electron chi connectivity index (χ3n) is 2.47. The van der Waals surface area contributed by atoms with Crippen molar-refractivity contribution in [2.75, 3.05) is 5.88 Å². The van der Waals surface area contributed by atoms with Crippen molar-refractivity contribution in [2.45, 2.75) is 26.3 Å². The SMILES string of the molecule is CC(C)CC(CCl)NC(=O)c1cccc(Br)c1F. The first-order valence-electron chi connectivity index (χ1n) is 5.76. The first kappa shape index (κ1) is 15.4. The van der Waals surface area contributed by atoms with Crippen LogP contribution in [0.5, 0.6) is 0 Å². The van der Waals surface area contributed by atoms with E-state index in [9.17, 15) is 9.18 Å². The van der Waals surface area contributed by atoms with Gasteiger partial charge in [-0.3, -0.25) is 4.79 Å². The van der Waals surface area contributed by atoms with E-state index in [1.807, 2.05) is 13.8 Å². The Balaban J connectivity index is 2.78. The minimum Gasteiger partial charge on any atom is -0.348 e. The van der Waals surface area contributed by atoms with Gasteiger partial charge in [0.15, 0.2) is 0 Å². The Hall–Kier alpha value is -0.610. The number of nitrogens with one attached hydrogen (secondary N) is 1. The molecule has 0 spiro atoms. The zero-order valence-electron chi connectivity index (χ0n) is 10.3. The second-order valence-electron chi connectivity index (χ2n) is 4.56. The number of amides is 1. The predicted octanol–water partition coefficient (Wildman–Crippen LogP) is 3.97. The highest BCUT2D eigenvalue weighted by molar-refractivity contribution is 9.10. The lowest BCUT2D eigenvalue weighted by Crippen LogP contribution is -2.37. The van der Waals surface area contributed by atoms with Crippen LogP contribution < -0.4 is 5.32 Å². The highest BCUT2D eigenvalue weighted by Gasteiger charge is 2.18. The number of alkyl halides is 1. The lowest BCUT2D eigenvalue weighted by atomic mass is 10.0. The summed E-state index contributed by atoms with van der Waals surface area (Å²) in [5, 5.41) is 2.75. The molecule has 18 heavy (non-hydrogen) atoms. The summed E-state index contributed by atoms with van der Waals surface area (Å²) < 4.78 is 14.0. The summed E-state index contributed by atoms with van der Waals surface area (Å²) in [6.07, 6.45) is 0.769. The largest absolute Gasteiger partial charge is 0.348 e. The maximum Gasteiger partial charge on any atom is 0.254 e. The summed E-state index contributed by atoms with van der Waals surface area (Å²) in [6, 6.07) is 4.49. The molecule has 2 nitrogen and oxygen atoms in total. The zero-order valence-corrected chi connectivity index (χ0v) is 12.7. The first-order valence-corrected chi connectivity index (χ1v) is 7.09. The predicted molar refractivity (Wildman–Crippen MR) is 75.5 cm³/mol. The third-order valence-corrected chi connectivity index (χ3v) is 3.46. The molecule has 1 rings (SSSR count). The van der Waals surface area contributed by atoms with Crippen LogP contribution in [-0.4, -0.2) is 17.8 Å². The van der Waals surface area contributed by atoms with Crippen molar-refractivity contribution in [3.05, 3.63) is 34.1 Å². The van der Waals surface area contributed by atoms with Gasteiger partial charge in [0.1, 0.15) is 5.82 Å². The van der Waals surface area contributed by atoms with Gasteiger partial charge in [-0.05, 0) is 40.4 Å². The normalized spacial score (nSPS) is 12.6. The topological polar surface area (TPSA) is 29.1 Å². The summed E-state index contributed by atoms with van der Waals surface area (Å²) in [5.41, 5.74) is 0.0308. The van der Waals surface area contributed by atoms with Gasteiger partial charge in [0.05, 0.1) is 10.0 Å². The van der Waals surface area contributed by atoms with Crippen LogP contribution in [0.3, 0.4) is 0 Å². The molecule has 0 saturated carbocycles. The van der Waals surface area contributed by atoms with E-state index >= 15 is 0 Å². The summed E-state index contributed by atoms with van der Waals surface area (Å²) in [4.78, 5) is 11.9. The van der Waals surface area contributed by atoms with E-state index in [4.69, 9.17) is 11.6 Å². The molecule has 0 fully saturated rings. The minimum absolute atomic E-state index is 0.0308. The Bertz CT molecular complexity index is 425. The van der Waals surface area contributed by atoms with Crippen LogP contribution in [0.2, 0.25) is 0 Å². The molecule has 0 aliphatic carbocycles. The van der Waals surface area contributed by atoms with Gasteiger partial charge in [-0.25, -0.2) is 4.39 Å². The lowest BCUT2D eigenvalue weighted by molar-refractivity contribution is 0.0932. The van der Waals surface area contributed by atoms with Crippen molar-refractivity contribution in [1.29, 1.82) is 0 Å². The zero-order chi connectivity index (χ0) is 13.7. The average Bonchev–Trinajstić information content (AvgIpc) is 2.31. The molecule has 100 valence electrons. The lowest BCUT2D eigenvalue weighted by Gasteiger charge is -2.18. The molecule has 1 aromatic rings. The Kier molecular flexibility index (Phi) is 6.09. The Morgan fingerprint density at radius 2 is 2.17 bits per heavy atom. The fraction of sp³-hybridized carbons (Fsp3) is 0.462. The van der Waals surface area contributed by atoms with Gasteiger partial charge >= 0.3 is 0 Å². The Labute approximate surface area is 120 Å². The van der Waals surface area contributed by atoms with E-state index in [0.29, 0.717) is 11.8 Å². The van der Waals surface area contributed by atoms with E-state index in [0.717, 1.165) is 6.42 Å². The van der Waals surface area contributed by atoms with Crippen molar-refractivity contribution in [1.82, 2.24) is 5.32 Å². The molecule has 0 saturated heterocycles. The van der Waals surface area contributed by atoms with Crippen molar-refractivity contribution in [2.24, 2.45) is 5.92 Å². The second-order valence-corrected chi connectivity index (χ2v) is 5.72. The van der Waals surface area contributed by atoms with Crippen molar-refractivity contribution in [3.63, 3.8) is 0 Å². The van der Waals surface area contributed by atoms with Crippen molar-refractivity contribution >= 4 is 33.4 Å². The number of carbonyl (C=O) groups excluding carboxylic acids is 1. The molecule has 1 amide bonds. The van der Waals surface area contributed by atoms with E-state index in [2.05, 4.69) is 21.2 Å². The molecule has 0 aromatic heterocycles. The molecule has 0 radical (unpaired) electrons. The molecule has 0 bridgehead atoms. The molecule has 1 atom stereocenters. The second kappa shape index (κ2) is 7.10. The Morgan fingerprint density at radius 1 is 1.50 bits per heavy atom. The number of hydrogen-bond acceptors (Lipinski definition) is 1. The van der Waals surface area contributed by atoms with Crippen LogP contribution in [0.15, 0.2) is 22.7 Å². The summed E-state index contributed by atoms with van der Waals surface area (Å²) in [5.74, 6) is -0.242. The first-order chi connectivity index (χ1) is 8.45. The Morgan fingerprint density at radius 3 is 2.72 bits per heavy atom. The van der Waals surface area contributed by atoms with Crippen molar-refractivity contribution < 1.29 is 9.18 Å². The van der Waals surface area contributed by atoms with Gasteiger partial charge in [-0.2, -0.15) is 0 Å².